The van der Waals surface area contributed by atoms with E-state index >= 15 is 0 Å². The Morgan fingerprint density at radius 3 is 2.75 bits per heavy atom. The van der Waals surface area contributed by atoms with Gasteiger partial charge in [0.25, 0.3) is 0 Å². The third-order valence-electron chi connectivity index (χ3n) is 3.81. The minimum Gasteiger partial charge on any atom is -0.369 e. The second kappa shape index (κ2) is 3.00. The van der Waals surface area contributed by atoms with Crippen LogP contribution < -0.4 is 5.73 Å². The van der Waals surface area contributed by atoms with Crippen molar-refractivity contribution in [3.8, 4) is 0 Å². The van der Waals surface area contributed by atoms with Crippen LogP contribution in [0.3, 0.4) is 0 Å². The van der Waals surface area contributed by atoms with E-state index in [2.05, 4.69) is 41.6 Å². The summed E-state index contributed by atoms with van der Waals surface area (Å²) >= 11 is 0. The van der Waals surface area contributed by atoms with Crippen LogP contribution in [0.15, 0.2) is 18.2 Å². The van der Waals surface area contributed by atoms with Crippen molar-refractivity contribution in [3.63, 3.8) is 0 Å². The Labute approximate surface area is 95.3 Å². The average Bonchev–Trinajstić information content (AvgIpc) is 2.50. The highest BCUT2D eigenvalue weighted by atomic mass is 15.2. The monoisotopic (exact) mass is 215 g/mol. The first-order valence-electron chi connectivity index (χ1n) is 5.85. The van der Waals surface area contributed by atoms with Crippen LogP contribution in [0.1, 0.15) is 31.7 Å². The summed E-state index contributed by atoms with van der Waals surface area (Å²) in [6, 6.07) is 6.32. The number of fused-ring (bicyclic) bond motifs is 1. The summed E-state index contributed by atoms with van der Waals surface area (Å²) in [5.41, 5.74) is 9.69. The average molecular weight is 215 g/mol. The van der Waals surface area contributed by atoms with Crippen LogP contribution in [0.25, 0.3) is 11.0 Å². The SMILES string of the molecule is Cc1ccc2nc(N)n(C3(C)CCC3)c2c1. The van der Waals surface area contributed by atoms with Gasteiger partial charge in [0.2, 0.25) is 5.95 Å². The van der Waals surface area contributed by atoms with Gasteiger partial charge in [-0.2, -0.15) is 0 Å². The first-order chi connectivity index (χ1) is 7.60. The summed E-state index contributed by atoms with van der Waals surface area (Å²) in [6.45, 7) is 4.38. The van der Waals surface area contributed by atoms with Gasteiger partial charge in [0.15, 0.2) is 0 Å². The molecular weight excluding hydrogens is 198 g/mol. The highest BCUT2D eigenvalue weighted by Gasteiger charge is 2.36. The number of hydrogen-bond acceptors (Lipinski definition) is 2. The van der Waals surface area contributed by atoms with Crippen LogP contribution in [0.5, 0.6) is 0 Å². The van der Waals surface area contributed by atoms with Crippen molar-refractivity contribution in [2.75, 3.05) is 5.73 Å². The standard InChI is InChI=1S/C13H17N3/c1-9-4-5-10-11(8-9)16(12(14)15-10)13(2)6-3-7-13/h4-5,8H,3,6-7H2,1-2H3,(H2,14,15). The molecule has 1 aliphatic rings. The molecule has 0 aliphatic heterocycles. The van der Waals surface area contributed by atoms with Crippen molar-refractivity contribution in [3.05, 3.63) is 23.8 Å². The maximum Gasteiger partial charge on any atom is 0.201 e. The fourth-order valence-electron chi connectivity index (χ4n) is 2.68. The van der Waals surface area contributed by atoms with Crippen molar-refractivity contribution >= 4 is 17.0 Å². The van der Waals surface area contributed by atoms with Gasteiger partial charge < -0.3 is 10.3 Å². The van der Waals surface area contributed by atoms with E-state index in [9.17, 15) is 0 Å². The number of nitrogens with zero attached hydrogens (tertiary/aromatic N) is 2. The van der Waals surface area contributed by atoms with Crippen LogP contribution in [0.2, 0.25) is 0 Å². The number of nitrogens with two attached hydrogens (primary N) is 1. The number of aryl methyl sites for hydroxylation is 1. The molecule has 0 amide bonds. The van der Waals surface area contributed by atoms with E-state index < -0.39 is 0 Å². The van der Waals surface area contributed by atoms with Crippen LogP contribution >= 0.6 is 0 Å². The lowest BCUT2D eigenvalue weighted by Gasteiger charge is -2.40. The number of rotatable bonds is 1. The maximum atomic E-state index is 6.05. The Kier molecular flexibility index (Phi) is 1.82. The van der Waals surface area contributed by atoms with Gasteiger partial charge in [0, 0.05) is 5.54 Å². The highest BCUT2D eigenvalue weighted by Crippen LogP contribution is 2.42. The first-order valence-corrected chi connectivity index (χ1v) is 5.85. The van der Waals surface area contributed by atoms with E-state index in [-0.39, 0.29) is 5.54 Å². The van der Waals surface area contributed by atoms with Gasteiger partial charge in [-0.25, -0.2) is 4.98 Å². The fraction of sp³-hybridized carbons (Fsp3) is 0.462. The molecule has 1 heterocycles. The Morgan fingerprint density at radius 1 is 1.38 bits per heavy atom. The Morgan fingerprint density at radius 2 is 2.12 bits per heavy atom. The zero-order valence-electron chi connectivity index (χ0n) is 9.83. The summed E-state index contributed by atoms with van der Waals surface area (Å²) in [5.74, 6) is 0.655. The van der Waals surface area contributed by atoms with Crippen LogP contribution in [0, 0.1) is 6.92 Å². The predicted octanol–water partition coefficient (Wildman–Crippen LogP) is 2.83. The molecule has 1 aromatic heterocycles. The van der Waals surface area contributed by atoms with Crippen molar-refractivity contribution < 1.29 is 0 Å². The van der Waals surface area contributed by atoms with Gasteiger partial charge in [-0.3, -0.25) is 0 Å². The molecule has 1 saturated carbocycles. The van der Waals surface area contributed by atoms with E-state index in [0.29, 0.717) is 5.95 Å². The van der Waals surface area contributed by atoms with Gasteiger partial charge in [0.1, 0.15) is 0 Å². The molecule has 2 aromatic rings. The molecule has 2 N–H and O–H groups in total. The Balaban J connectivity index is 2.29. The zero-order valence-corrected chi connectivity index (χ0v) is 9.83. The molecule has 0 saturated heterocycles. The number of benzene rings is 1. The number of aromatic nitrogens is 2. The van der Waals surface area contributed by atoms with Crippen molar-refractivity contribution in [2.45, 2.75) is 38.6 Å². The number of hydrogen-bond donors (Lipinski definition) is 1. The van der Waals surface area contributed by atoms with Crippen molar-refractivity contribution in [1.82, 2.24) is 9.55 Å². The molecule has 1 aromatic carbocycles. The van der Waals surface area contributed by atoms with Crippen molar-refractivity contribution in [2.24, 2.45) is 0 Å². The second-order valence-electron chi connectivity index (χ2n) is 5.15. The fourth-order valence-corrected chi connectivity index (χ4v) is 2.68. The van der Waals surface area contributed by atoms with Gasteiger partial charge >= 0.3 is 0 Å². The lowest BCUT2D eigenvalue weighted by Crippen LogP contribution is -2.37. The molecule has 0 bridgehead atoms. The third kappa shape index (κ3) is 1.17. The zero-order chi connectivity index (χ0) is 11.3. The molecule has 3 heteroatoms. The molecule has 16 heavy (non-hydrogen) atoms. The lowest BCUT2D eigenvalue weighted by atomic mass is 9.78. The molecule has 0 unspecified atom stereocenters. The molecule has 0 spiro atoms. The van der Waals surface area contributed by atoms with E-state index in [4.69, 9.17) is 5.73 Å². The van der Waals surface area contributed by atoms with E-state index in [0.717, 1.165) is 5.52 Å². The quantitative estimate of drug-likeness (QED) is 0.795. The molecule has 84 valence electrons. The highest BCUT2D eigenvalue weighted by molar-refractivity contribution is 5.79. The maximum absolute atomic E-state index is 6.05. The lowest BCUT2D eigenvalue weighted by molar-refractivity contribution is 0.177. The van der Waals surface area contributed by atoms with E-state index in [1.807, 2.05) is 0 Å². The van der Waals surface area contributed by atoms with E-state index in [1.54, 1.807) is 0 Å². The van der Waals surface area contributed by atoms with Crippen molar-refractivity contribution in [1.29, 1.82) is 0 Å². The summed E-state index contributed by atoms with van der Waals surface area (Å²) in [7, 11) is 0. The van der Waals surface area contributed by atoms with Gasteiger partial charge in [-0.15, -0.1) is 0 Å². The second-order valence-corrected chi connectivity index (χ2v) is 5.15. The van der Waals surface area contributed by atoms with Gasteiger partial charge in [-0.05, 0) is 50.8 Å². The normalized spacial score (nSPS) is 18.6. The van der Waals surface area contributed by atoms with Crippen LogP contribution in [-0.2, 0) is 5.54 Å². The minimum atomic E-state index is 0.187. The number of imidazole rings is 1. The number of anilines is 1. The predicted molar refractivity (Wildman–Crippen MR) is 66.4 cm³/mol. The van der Waals surface area contributed by atoms with Gasteiger partial charge in [0.05, 0.1) is 11.0 Å². The minimum absolute atomic E-state index is 0.187. The smallest absolute Gasteiger partial charge is 0.201 e. The number of nitrogen functional groups attached to an aromatic ring is 1. The Bertz CT molecular complexity index is 550. The topological polar surface area (TPSA) is 43.8 Å². The molecule has 1 aliphatic carbocycles. The van der Waals surface area contributed by atoms with Gasteiger partial charge in [-0.1, -0.05) is 6.07 Å². The first kappa shape index (κ1) is 9.70. The van der Waals surface area contributed by atoms with Crippen LogP contribution in [0.4, 0.5) is 5.95 Å². The molecule has 3 rings (SSSR count). The van der Waals surface area contributed by atoms with Crippen LogP contribution in [-0.4, -0.2) is 9.55 Å². The largest absolute Gasteiger partial charge is 0.369 e. The summed E-state index contributed by atoms with van der Waals surface area (Å²) in [4.78, 5) is 4.44. The third-order valence-corrected chi connectivity index (χ3v) is 3.81. The molecular formula is C13H17N3. The molecule has 0 radical (unpaired) electrons. The summed E-state index contributed by atoms with van der Waals surface area (Å²) in [6.07, 6.45) is 3.70. The Hall–Kier alpha value is -1.51. The molecule has 0 atom stereocenters. The summed E-state index contributed by atoms with van der Waals surface area (Å²) in [5, 5.41) is 0. The summed E-state index contributed by atoms with van der Waals surface area (Å²) < 4.78 is 2.22. The molecule has 1 fully saturated rings. The molecule has 3 nitrogen and oxygen atoms in total. The van der Waals surface area contributed by atoms with E-state index in [1.165, 1.54) is 30.3 Å².